The maximum absolute atomic E-state index is 14.8. The SMILES string of the molecule is Cc1cccc(C)c1N1C/C=C\CCC(=O)NC[C@@H](C)OC(=O)[C@@H]2[C@H]3O[C@@]4(C=C3Br)[C@H](C1=O)N([C@H](C)CO)C(=O)[C@@H]24. The minimum absolute atomic E-state index is 0.127. The average molecular weight is 631 g/mol. The minimum atomic E-state index is -1.44. The van der Waals surface area contributed by atoms with Crippen molar-refractivity contribution in [1.82, 2.24) is 10.2 Å². The van der Waals surface area contributed by atoms with Gasteiger partial charge in [-0.15, -0.1) is 0 Å². The van der Waals surface area contributed by atoms with Gasteiger partial charge in [0.05, 0.1) is 25.1 Å². The normalized spacial score (nSPS) is 33.8. The van der Waals surface area contributed by atoms with Gasteiger partial charge in [0, 0.05) is 23.1 Å². The van der Waals surface area contributed by atoms with Crippen LogP contribution in [0, 0.1) is 25.7 Å². The van der Waals surface area contributed by atoms with Gasteiger partial charge in [-0.2, -0.15) is 0 Å². The van der Waals surface area contributed by atoms with Crippen molar-refractivity contribution in [3.63, 3.8) is 0 Å². The first-order valence-electron chi connectivity index (χ1n) is 14.0. The number of nitrogens with one attached hydrogen (secondary N) is 1. The molecule has 2 N–H and O–H groups in total. The summed E-state index contributed by atoms with van der Waals surface area (Å²) in [7, 11) is 0. The molecule has 5 bridgehead atoms. The molecule has 0 unspecified atom stereocenters. The number of para-hydroxylation sites is 1. The Morgan fingerprint density at radius 3 is 2.54 bits per heavy atom. The van der Waals surface area contributed by atoms with Crippen LogP contribution in [0.3, 0.4) is 0 Å². The summed E-state index contributed by atoms with van der Waals surface area (Å²) in [5, 5.41) is 13.0. The minimum Gasteiger partial charge on any atom is -0.460 e. The number of aliphatic hydroxyl groups is 1. The number of aliphatic hydroxyl groups excluding tert-OH is 1. The van der Waals surface area contributed by atoms with Crippen LogP contribution < -0.4 is 10.2 Å². The van der Waals surface area contributed by atoms with E-state index >= 15 is 0 Å². The Bertz CT molecular complexity index is 1310. The molecule has 41 heavy (non-hydrogen) atoms. The van der Waals surface area contributed by atoms with E-state index in [4.69, 9.17) is 9.47 Å². The zero-order chi connectivity index (χ0) is 29.6. The quantitative estimate of drug-likeness (QED) is 0.388. The number of carbonyl (C=O) groups excluding carboxylic acids is 4. The van der Waals surface area contributed by atoms with E-state index in [-0.39, 0.29) is 37.9 Å². The number of rotatable bonds is 3. The molecule has 1 spiro atoms. The average Bonchev–Trinajstić information content (AvgIpc) is 3.52. The number of allylic oxidation sites excluding steroid dienone is 1. The molecule has 4 heterocycles. The number of carbonyl (C=O) groups is 4. The highest BCUT2D eigenvalue weighted by atomic mass is 79.9. The molecule has 220 valence electrons. The molecule has 0 radical (unpaired) electrons. The van der Waals surface area contributed by atoms with Gasteiger partial charge in [0.2, 0.25) is 11.8 Å². The Morgan fingerprint density at radius 1 is 1.15 bits per heavy atom. The van der Waals surface area contributed by atoms with Crippen LogP contribution in [0.15, 0.2) is 40.9 Å². The fourth-order valence-corrected chi connectivity index (χ4v) is 7.35. The Labute approximate surface area is 247 Å². The third-order valence-electron chi connectivity index (χ3n) is 8.48. The molecule has 0 saturated carbocycles. The van der Waals surface area contributed by atoms with Crippen molar-refractivity contribution in [3.05, 3.63) is 52.0 Å². The zero-order valence-corrected chi connectivity index (χ0v) is 25.2. The Morgan fingerprint density at radius 2 is 1.85 bits per heavy atom. The van der Waals surface area contributed by atoms with Gasteiger partial charge in [0.25, 0.3) is 5.91 Å². The predicted octanol–water partition coefficient (Wildman–Crippen LogP) is 2.29. The van der Waals surface area contributed by atoms with E-state index in [9.17, 15) is 24.3 Å². The standard InChI is InChI=1S/C30H36BrN3O7/c1-16-9-8-10-17(2)24(16)33-12-7-5-6-11-21(36)32-14-19(4)40-29(39)22-23-27(37)34(18(3)15-35)26(28(33)38)30(23)13-20(31)25(22)41-30/h5,7-10,13,18-19,22-23,25-26,35H,6,11-12,14-15H2,1-4H3,(H,32,36)/b7-5-/t18-,19-,22+,23-,25+,26+,30-/m1/s1. The molecule has 4 aliphatic rings. The molecule has 2 saturated heterocycles. The first kappa shape index (κ1) is 29.5. The molecular formula is C30H36BrN3O7. The van der Waals surface area contributed by atoms with Crippen molar-refractivity contribution in [1.29, 1.82) is 0 Å². The smallest absolute Gasteiger partial charge is 0.313 e. The highest BCUT2D eigenvalue weighted by Gasteiger charge is 2.75. The number of aryl methyl sites for hydroxylation is 2. The third-order valence-corrected chi connectivity index (χ3v) is 9.16. The lowest BCUT2D eigenvalue weighted by atomic mass is 9.74. The van der Waals surface area contributed by atoms with Gasteiger partial charge in [-0.1, -0.05) is 46.3 Å². The highest BCUT2D eigenvalue weighted by Crippen LogP contribution is 2.59. The van der Waals surface area contributed by atoms with E-state index in [1.54, 1.807) is 24.8 Å². The second kappa shape index (κ2) is 11.3. The van der Waals surface area contributed by atoms with E-state index < -0.39 is 53.6 Å². The zero-order valence-electron chi connectivity index (χ0n) is 23.6. The van der Waals surface area contributed by atoms with Gasteiger partial charge in [-0.3, -0.25) is 19.2 Å². The maximum atomic E-state index is 14.8. The van der Waals surface area contributed by atoms with E-state index in [1.165, 1.54) is 4.90 Å². The number of benzene rings is 1. The second-order valence-electron chi connectivity index (χ2n) is 11.4. The largest absolute Gasteiger partial charge is 0.460 e. The lowest BCUT2D eigenvalue weighted by Crippen LogP contribution is -2.58. The molecule has 3 amide bonds. The number of cyclic esters (lactones) is 1. The van der Waals surface area contributed by atoms with Gasteiger partial charge < -0.3 is 29.7 Å². The van der Waals surface area contributed by atoms with Crippen molar-refractivity contribution in [3.8, 4) is 0 Å². The van der Waals surface area contributed by atoms with Gasteiger partial charge in [0.1, 0.15) is 29.8 Å². The van der Waals surface area contributed by atoms with Crippen LogP contribution in [0.25, 0.3) is 0 Å². The molecule has 4 aliphatic heterocycles. The summed E-state index contributed by atoms with van der Waals surface area (Å²) in [6.07, 6.45) is 4.70. The summed E-state index contributed by atoms with van der Waals surface area (Å²) >= 11 is 3.53. The summed E-state index contributed by atoms with van der Waals surface area (Å²) in [6, 6.07) is 3.91. The maximum Gasteiger partial charge on any atom is 0.313 e. The number of hydrogen-bond donors (Lipinski definition) is 2. The summed E-state index contributed by atoms with van der Waals surface area (Å²) < 4.78 is 12.8. The third kappa shape index (κ3) is 4.91. The lowest BCUT2D eigenvalue weighted by Gasteiger charge is -2.38. The van der Waals surface area contributed by atoms with Gasteiger partial charge in [-0.25, -0.2) is 0 Å². The van der Waals surface area contributed by atoms with E-state index in [0.29, 0.717) is 16.6 Å². The molecular weight excluding hydrogens is 594 g/mol. The number of ether oxygens (including phenoxy) is 2. The topological polar surface area (TPSA) is 125 Å². The van der Waals surface area contributed by atoms with Gasteiger partial charge >= 0.3 is 5.97 Å². The number of fused-ring (bicyclic) bond motifs is 2. The van der Waals surface area contributed by atoms with Crippen LogP contribution in [-0.4, -0.2) is 83.3 Å². The highest BCUT2D eigenvalue weighted by molar-refractivity contribution is 9.11. The number of halogens is 1. The summed E-state index contributed by atoms with van der Waals surface area (Å²) in [6.45, 7) is 7.13. The van der Waals surface area contributed by atoms with E-state index in [2.05, 4.69) is 21.2 Å². The molecule has 7 atom stereocenters. The van der Waals surface area contributed by atoms with E-state index in [1.807, 2.05) is 44.2 Å². The monoisotopic (exact) mass is 629 g/mol. The summed E-state index contributed by atoms with van der Waals surface area (Å²) in [5.41, 5.74) is 1.03. The first-order valence-corrected chi connectivity index (χ1v) is 14.8. The Balaban J connectivity index is 1.67. The van der Waals surface area contributed by atoms with Crippen molar-refractivity contribution >= 4 is 45.3 Å². The van der Waals surface area contributed by atoms with Gasteiger partial charge in [-0.05, 0) is 51.3 Å². The van der Waals surface area contributed by atoms with Crippen LogP contribution in [0.4, 0.5) is 5.69 Å². The summed E-state index contributed by atoms with van der Waals surface area (Å²) in [5.74, 6) is -3.66. The molecule has 0 aliphatic carbocycles. The second-order valence-corrected chi connectivity index (χ2v) is 12.3. The molecule has 10 nitrogen and oxygen atoms in total. The molecule has 2 fully saturated rings. The first-order chi connectivity index (χ1) is 19.5. The molecule has 1 aromatic rings. The predicted molar refractivity (Wildman–Crippen MR) is 154 cm³/mol. The van der Waals surface area contributed by atoms with Gasteiger partial charge in [0.15, 0.2) is 0 Å². The molecule has 1 aromatic carbocycles. The molecule has 5 rings (SSSR count). The summed E-state index contributed by atoms with van der Waals surface area (Å²) in [4.78, 5) is 58.0. The number of hydrogen-bond acceptors (Lipinski definition) is 7. The lowest BCUT2D eigenvalue weighted by molar-refractivity contribution is -0.159. The van der Waals surface area contributed by atoms with Crippen molar-refractivity contribution in [2.24, 2.45) is 11.8 Å². The van der Waals surface area contributed by atoms with Crippen LogP contribution in [0.1, 0.15) is 37.8 Å². The van der Waals surface area contributed by atoms with Crippen LogP contribution >= 0.6 is 15.9 Å². The van der Waals surface area contributed by atoms with Crippen LogP contribution in [0.2, 0.25) is 0 Å². The molecule has 11 heteroatoms. The number of amides is 3. The number of likely N-dealkylation sites (tertiary alicyclic amines) is 1. The van der Waals surface area contributed by atoms with Crippen LogP contribution in [-0.2, 0) is 28.7 Å². The Hall–Kier alpha value is -3.02. The fraction of sp³-hybridized carbons (Fsp3) is 0.533. The number of esters is 1. The van der Waals surface area contributed by atoms with Crippen LogP contribution in [0.5, 0.6) is 0 Å². The van der Waals surface area contributed by atoms with Crippen molar-refractivity contribution < 1.29 is 33.8 Å². The number of anilines is 1. The molecule has 0 aromatic heterocycles. The van der Waals surface area contributed by atoms with E-state index in [0.717, 1.165) is 11.1 Å². The fourth-order valence-electron chi connectivity index (χ4n) is 6.61. The van der Waals surface area contributed by atoms with Crippen molar-refractivity contribution in [2.45, 2.75) is 70.4 Å². The Kier molecular flexibility index (Phi) is 8.15. The van der Waals surface area contributed by atoms with Crippen molar-refractivity contribution in [2.75, 3.05) is 24.6 Å². The number of nitrogens with zero attached hydrogens (tertiary/aromatic N) is 2.